The summed E-state index contributed by atoms with van der Waals surface area (Å²) in [5, 5.41) is 10.8. The number of likely N-dealkylation sites (tertiary alicyclic amines) is 1. The van der Waals surface area contributed by atoms with Crippen molar-refractivity contribution < 1.29 is 32.6 Å². The van der Waals surface area contributed by atoms with Crippen molar-refractivity contribution in [3.63, 3.8) is 0 Å². The Kier molecular flexibility index (Phi) is 8.51. The van der Waals surface area contributed by atoms with Crippen LogP contribution in [-0.4, -0.2) is 77.1 Å². The Morgan fingerprint density at radius 1 is 1.21 bits per heavy atom. The molecule has 1 saturated heterocycles. The topological polar surface area (TPSA) is 109 Å². The lowest BCUT2D eigenvalue weighted by Crippen LogP contribution is -2.60. The highest BCUT2D eigenvalue weighted by Crippen LogP contribution is 2.31. The van der Waals surface area contributed by atoms with E-state index in [0.717, 1.165) is 24.4 Å². The zero-order valence-electron chi connectivity index (χ0n) is 21.4. The van der Waals surface area contributed by atoms with E-state index in [0.29, 0.717) is 23.2 Å². The number of hydrogen-bond acceptors (Lipinski definition) is 6. The third-order valence-electron chi connectivity index (χ3n) is 7.06. The lowest BCUT2D eigenvalue weighted by atomic mass is 9.94. The molecule has 2 aromatic carbocycles. The van der Waals surface area contributed by atoms with Gasteiger partial charge in [0.25, 0.3) is 0 Å². The smallest absolute Gasteiger partial charge is 0.331 e. The van der Waals surface area contributed by atoms with Gasteiger partial charge in [0.15, 0.2) is 5.54 Å². The zero-order chi connectivity index (χ0) is 28.2. The third-order valence-corrected chi connectivity index (χ3v) is 7.06. The minimum Gasteiger partial charge on any atom is -0.497 e. The van der Waals surface area contributed by atoms with Gasteiger partial charge in [0.1, 0.15) is 23.2 Å². The van der Waals surface area contributed by atoms with Gasteiger partial charge in [0.05, 0.1) is 25.4 Å². The maximum atomic E-state index is 14.9. The molecule has 2 heterocycles. The third kappa shape index (κ3) is 5.89. The number of fused-ring (bicyclic) bond motifs is 1. The number of nitrogens with zero attached hydrogens (tertiary/aromatic N) is 3. The van der Waals surface area contributed by atoms with E-state index < -0.39 is 41.4 Å². The van der Waals surface area contributed by atoms with Gasteiger partial charge in [-0.3, -0.25) is 14.7 Å². The van der Waals surface area contributed by atoms with Crippen LogP contribution >= 0.6 is 0 Å². The SMILES string of the molecule is COc1ccc2ncc(F)c(CCN(C(=O)CN)C3(C(=O)O)CCN(CC=Cc4cc(F)ccc4F)C3)c2c1. The van der Waals surface area contributed by atoms with Gasteiger partial charge in [-0.15, -0.1) is 0 Å². The number of carbonyl (C=O) groups is 2. The van der Waals surface area contributed by atoms with Crippen LogP contribution in [0.3, 0.4) is 0 Å². The minimum absolute atomic E-state index is 0.0164. The van der Waals surface area contributed by atoms with Crippen LogP contribution in [0, 0.1) is 17.5 Å². The van der Waals surface area contributed by atoms with E-state index in [-0.39, 0.29) is 43.6 Å². The molecule has 1 aliphatic heterocycles. The average molecular weight is 543 g/mol. The second kappa shape index (κ2) is 11.8. The van der Waals surface area contributed by atoms with E-state index in [4.69, 9.17) is 10.5 Å². The zero-order valence-corrected chi connectivity index (χ0v) is 21.4. The van der Waals surface area contributed by atoms with Crippen molar-refractivity contribution in [1.29, 1.82) is 0 Å². The number of rotatable bonds is 10. The van der Waals surface area contributed by atoms with E-state index in [1.807, 2.05) is 0 Å². The van der Waals surface area contributed by atoms with E-state index in [1.54, 1.807) is 29.2 Å². The average Bonchev–Trinajstić information content (AvgIpc) is 3.36. The van der Waals surface area contributed by atoms with Crippen LogP contribution in [0.4, 0.5) is 13.2 Å². The molecule has 0 radical (unpaired) electrons. The highest BCUT2D eigenvalue weighted by Gasteiger charge is 2.50. The highest BCUT2D eigenvalue weighted by molar-refractivity contribution is 5.89. The first-order chi connectivity index (χ1) is 18.7. The number of benzene rings is 2. The molecular formula is C28H29F3N4O4. The monoisotopic (exact) mass is 542 g/mol. The number of nitrogens with two attached hydrogens (primary N) is 1. The molecule has 206 valence electrons. The van der Waals surface area contributed by atoms with Gasteiger partial charge in [-0.2, -0.15) is 0 Å². The molecule has 8 nitrogen and oxygen atoms in total. The van der Waals surface area contributed by atoms with E-state index >= 15 is 0 Å². The lowest BCUT2D eigenvalue weighted by molar-refractivity contribution is -0.158. The number of aliphatic carboxylic acids is 1. The number of pyridine rings is 1. The molecule has 1 unspecified atom stereocenters. The summed E-state index contributed by atoms with van der Waals surface area (Å²) in [6.07, 6.45) is 4.27. The molecular weight excluding hydrogens is 513 g/mol. The van der Waals surface area contributed by atoms with Crippen molar-refractivity contribution >= 4 is 28.9 Å². The van der Waals surface area contributed by atoms with Gasteiger partial charge in [0, 0.05) is 42.7 Å². The summed E-state index contributed by atoms with van der Waals surface area (Å²) in [6.45, 7) is 0.0613. The van der Waals surface area contributed by atoms with Gasteiger partial charge in [-0.05, 0) is 49.2 Å². The van der Waals surface area contributed by atoms with Crippen LogP contribution in [-0.2, 0) is 16.0 Å². The quantitative estimate of drug-likeness (QED) is 0.405. The van der Waals surface area contributed by atoms with Crippen molar-refractivity contribution in [3.05, 3.63) is 77.2 Å². The molecule has 0 aliphatic carbocycles. The number of carboxylic acids is 1. The Morgan fingerprint density at radius 2 is 2.00 bits per heavy atom. The highest BCUT2D eigenvalue weighted by atomic mass is 19.1. The van der Waals surface area contributed by atoms with Crippen LogP contribution in [0.5, 0.6) is 5.75 Å². The van der Waals surface area contributed by atoms with Crippen molar-refractivity contribution in [2.45, 2.75) is 18.4 Å². The number of halogens is 3. The molecule has 0 saturated carbocycles. The number of ether oxygens (including phenoxy) is 1. The van der Waals surface area contributed by atoms with Gasteiger partial charge in [0.2, 0.25) is 5.91 Å². The maximum absolute atomic E-state index is 14.9. The van der Waals surface area contributed by atoms with Crippen LogP contribution in [0.15, 0.2) is 48.7 Å². The first-order valence-corrected chi connectivity index (χ1v) is 12.4. The molecule has 0 bridgehead atoms. The molecule has 3 aromatic rings. The maximum Gasteiger partial charge on any atom is 0.331 e. The van der Waals surface area contributed by atoms with Crippen molar-refractivity contribution in [3.8, 4) is 5.75 Å². The fourth-order valence-corrected chi connectivity index (χ4v) is 5.00. The Labute approximate surface area is 223 Å². The fourth-order valence-electron chi connectivity index (χ4n) is 5.00. The predicted octanol–water partition coefficient (Wildman–Crippen LogP) is 3.23. The number of methoxy groups -OCH3 is 1. The van der Waals surface area contributed by atoms with Crippen molar-refractivity contribution in [2.24, 2.45) is 5.73 Å². The summed E-state index contributed by atoms with van der Waals surface area (Å²) >= 11 is 0. The molecule has 0 spiro atoms. The lowest BCUT2D eigenvalue weighted by Gasteiger charge is -2.38. The predicted molar refractivity (Wildman–Crippen MR) is 140 cm³/mol. The Bertz CT molecular complexity index is 1420. The normalized spacial score (nSPS) is 17.7. The van der Waals surface area contributed by atoms with Crippen LogP contribution in [0.25, 0.3) is 17.0 Å². The van der Waals surface area contributed by atoms with E-state index in [2.05, 4.69) is 4.98 Å². The second-order valence-electron chi connectivity index (χ2n) is 9.36. The molecule has 1 amide bonds. The molecule has 1 fully saturated rings. The van der Waals surface area contributed by atoms with Gasteiger partial charge in [-0.25, -0.2) is 18.0 Å². The largest absolute Gasteiger partial charge is 0.497 e. The number of carbonyl (C=O) groups excluding carboxylic acids is 1. The summed E-state index contributed by atoms with van der Waals surface area (Å²) in [4.78, 5) is 32.7. The first-order valence-electron chi connectivity index (χ1n) is 12.4. The van der Waals surface area contributed by atoms with Gasteiger partial charge < -0.3 is 20.5 Å². The van der Waals surface area contributed by atoms with Crippen molar-refractivity contribution in [1.82, 2.24) is 14.8 Å². The molecule has 11 heteroatoms. The Hall–Kier alpha value is -3.96. The summed E-state index contributed by atoms with van der Waals surface area (Å²) in [5.41, 5.74) is 4.95. The van der Waals surface area contributed by atoms with Gasteiger partial charge >= 0.3 is 5.97 Å². The minimum atomic E-state index is -1.59. The summed E-state index contributed by atoms with van der Waals surface area (Å²) in [7, 11) is 1.49. The molecule has 3 N–H and O–H groups in total. The number of carboxylic acid groups (broad SMARTS) is 1. The fraction of sp³-hybridized carbons (Fsp3) is 0.321. The molecule has 1 aromatic heterocycles. The second-order valence-corrected chi connectivity index (χ2v) is 9.36. The van der Waals surface area contributed by atoms with Gasteiger partial charge in [-0.1, -0.05) is 12.2 Å². The Morgan fingerprint density at radius 3 is 2.72 bits per heavy atom. The molecule has 39 heavy (non-hydrogen) atoms. The standard InChI is InChI=1S/C28H29F3N4O4/c1-39-20-5-7-25-22(14-20)21(24(31)16-33-25)8-11-35(26(36)15-32)28(27(37)38)9-12-34(17-28)10-2-3-18-13-19(29)4-6-23(18)30/h2-7,13-14,16H,8-12,15,17,32H2,1H3,(H,37,38). The molecule has 1 aliphatic rings. The Balaban J connectivity index is 1.56. The van der Waals surface area contributed by atoms with Crippen LogP contribution in [0.2, 0.25) is 0 Å². The number of amides is 1. The van der Waals surface area contributed by atoms with Crippen molar-refractivity contribution in [2.75, 3.05) is 39.8 Å². The number of hydrogen-bond donors (Lipinski definition) is 2. The summed E-state index contributed by atoms with van der Waals surface area (Å²) in [6, 6.07) is 8.15. The van der Waals surface area contributed by atoms with Crippen LogP contribution < -0.4 is 10.5 Å². The van der Waals surface area contributed by atoms with E-state index in [9.17, 15) is 27.9 Å². The molecule has 4 rings (SSSR count). The van der Waals surface area contributed by atoms with Crippen LogP contribution in [0.1, 0.15) is 17.5 Å². The number of aromatic nitrogens is 1. The first kappa shape index (κ1) is 28.1. The summed E-state index contributed by atoms with van der Waals surface area (Å²) < 4.78 is 47.5. The van der Waals surface area contributed by atoms with E-state index in [1.165, 1.54) is 18.1 Å². The molecule has 1 atom stereocenters. The summed E-state index contributed by atoms with van der Waals surface area (Å²) in [5.74, 6) is -3.01.